The van der Waals surface area contributed by atoms with Gasteiger partial charge in [0.05, 0.1) is 10.6 Å². The van der Waals surface area contributed by atoms with Crippen molar-refractivity contribution in [2.45, 2.75) is 19.0 Å². The van der Waals surface area contributed by atoms with Gasteiger partial charge in [0.15, 0.2) is 11.0 Å². The molecule has 0 saturated carbocycles. The first-order valence-electron chi connectivity index (χ1n) is 9.26. The Labute approximate surface area is 188 Å². The van der Waals surface area contributed by atoms with Crippen molar-refractivity contribution in [2.24, 2.45) is 0 Å². The van der Waals surface area contributed by atoms with Crippen molar-refractivity contribution in [1.82, 2.24) is 14.8 Å². The molecule has 0 aliphatic rings. The Balaban J connectivity index is 1.55. The van der Waals surface area contributed by atoms with Gasteiger partial charge in [0, 0.05) is 16.4 Å². The standard InChI is InChI=1S/C22H19ClN4OS2/c1-14-5-8-17(12-15(14)2)24-20(28)13-30-22-26-25-21(19-4-3-11-29-19)27(22)18-9-6-16(23)7-10-18/h3-12H,13H2,1-2H3,(H,24,28). The molecule has 0 radical (unpaired) electrons. The van der Waals surface area contributed by atoms with Crippen LogP contribution in [-0.4, -0.2) is 26.4 Å². The second kappa shape index (κ2) is 9.04. The zero-order chi connectivity index (χ0) is 21.1. The Morgan fingerprint density at radius 3 is 2.60 bits per heavy atom. The van der Waals surface area contributed by atoms with Crippen LogP contribution >= 0.6 is 34.7 Å². The van der Waals surface area contributed by atoms with E-state index in [1.54, 1.807) is 11.3 Å². The lowest BCUT2D eigenvalue weighted by Crippen LogP contribution is -2.14. The van der Waals surface area contributed by atoms with Crippen LogP contribution in [0.5, 0.6) is 0 Å². The summed E-state index contributed by atoms with van der Waals surface area (Å²) in [5.41, 5.74) is 4.02. The Morgan fingerprint density at radius 2 is 1.90 bits per heavy atom. The van der Waals surface area contributed by atoms with Gasteiger partial charge in [-0.3, -0.25) is 9.36 Å². The quantitative estimate of drug-likeness (QED) is 0.363. The van der Waals surface area contributed by atoms with Crippen LogP contribution < -0.4 is 5.32 Å². The van der Waals surface area contributed by atoms with Gasteiger partial charge in [-0.05, 0) is 72.8 Å². The Hall–Kier alpha value is -2.61. The molecule has 0 bridgehead atoms. The van der Waals surface area contributed by atoms with E-state index in [4.69, 9.17) is 11.6 Å². The summed E-state index contributed by atoms with van der Waals surface area (Å²) in [7, 11) is 0. The summed E-state index contributed by atoms with van der Waals surface area (Å²) in [6, 6.07) is 17.4. The molecule has 4 aromatic rings. The molecule has 0 atom stereocenters. The molecule has 8 heteroatoms. The van der Waals surface area contributed by atoms with Gasteiger partial charge in [-0.1, -0.05) is 35.5 Å². The van der Waals surface area contributed by atoms with E-state index in [1.807, 2.05) is 78.4 Å². The van der Waals surface area contributed by atoms with E-state index < -0.39 is 0 Å². The molecule has 2 heterocycles. The van der Waals surface area contributed by atoms with E-state index in [9.17, 15) is 4.79 Å². The fourth-order valence-electron chi connectivity index (χ4n) is 2.90. The number of hydrogen-bond donors (Lipinski definition) is 1. The predicted octanol–water partition coefficient (Wildman–Crippen LogP) is 6.00. The summed E-state index contributed by atoms with van der Waals surface area (Å²) in [5.74, 6) is 0.874. The highest BCUT2D eigenvalue weighted by atomic mass is 35.5. The molecule has 0 aliphatic carbocycles. The third kappa shape index (κ3) is 4.59. The summed E-state index contributed by atoms with van der Waals surface area (Å²) in [6.45, 7) is 4.08. The van der Waals surface area contributed by atoms with Gasteiger partial charge in [-0.2, -0.15) is 0 Å². The first-order chi connectivity index (χ1) is 14.5. The lowest BCUT2D eigenvalue weighted by atomic mass is 10.1. The number of rotatable bonds is 6. The fourth-order valence-corrected chi connectivity index (χ4v) is 4.47. The molecular weight excluding hydrogens is 436 g/mol. The van der Waals surface area contributed by atoms with Crippen LogP contribution in [0.1, 0.15) is 11.1 Å². The lowest BCUT2D eigenvalue weighted by molar-refractivity contribution is -0.113. The molecule has 0 aliphatic heterocycles. The number of amides is 1. The molecule has 152 valence electrons. The smallest absolute Gasteiger partial charge is 0.234 e. The van der Waals surface area contributed by atoms with Crippen LogP contribution in [0.4, 0.5) is 5.69 Å². The molecule has 1 amide bonds. The number of aromatic nitrogens is 3. The molecule has 4 rings (SSSR count). The number of hydrogen-bond acceptors (Lipinski definition) is 5. The van der Waals surface area contributed by atoms with E-state index in [1.165, 1.54) is 17.3 Å². The first-order valence-corrected chi connectivity index (χ1v) is 11.5. The van der Waals surface area contributed by atoms with Crippen LogP contribution in [0.15, 0.2) is 65.1 Å². The summed E-state index contributed by atoms with van der Waals surface area (Å²) >= 11 is 9.00. The zero-order valence-corrected chi connectivity index (χ0v) is 18.8. The topological polar surface area (TPSA) is 59.8 Å². The number of thioether (sulfide) groups is 1. The molecule has 0 unspecified atom stereocenters. The highest BCUT2D eigenvalue weighted by Crippen LogP contribution is 2.31. The molecule has 2 aromatic heterocycles. The average Bonchev–Trinajstić information content (AvgIpc) is 3.39. The lowest BCUT2D eigenvalue weighted by Gasteiger charge is -2.10. The van der Waals surface area contributed by atoms with Crippen molar-refractivity contribution < 1.29 is 4.79 Å². The number of anilines is 1. The SMILES string of the molecule is Cc1ccc(NC(=O)CSc2nnc(-c3cccs3)n2-c2ccc(Cl)cc2)cc1C. The third-order valence-corrected chi connectivity index (χ3v) is 6.63. The van der Waals surface area contributed by atoms with Crippen molar-refractivity contribution >= 4 is 46.3 Å². The summed E-state index contributed by atoms with van der Waals surface area (Å²) < 4.78 is 1.95. The number of benzene rings is 2. The van der Waals surface area contributed by atoms with Crippen molar-refractivity contribution in [2.75, 3.05) is 11.1 Å². The van der Waals surface area contributed by atoms with Gasteiger partial charge in [0.25, 0.3) is 0 Å². The molecule has 5 nitrogen and oxygen atoms in total. The van der Waals surface area contributed by atoms with Crippen molar-refractivity contribution in [3.63, 3.8) is 0 Å². The predicted molar refractivity (Wildman–Crippen MR) is 125 cm³/mol. The van der Waals surface area contributed by atoms with Crippen LogP contribution in [-0.2, 0) is 4.79 Å². The van der Waals surface area contributed by atoms with E-state index in [-0.39, 0.29) is 11.7 Å². The Bertz CT molecular complexity index is 1170. The van der Waals surface area contributed by atoms with Gasteiger partial charge < -0.3 is 5.32 Å². The van der Waals surface area contributed by atoms with Gasteiger partial charge in [-0.25, -0.2) is 0 Å². The van der Waals surface area contributed by atoms with Gasteiger partial charge >= 0.3 is 0 Å². The summed E-state index contributed by atoms with van der Waals surface area (Å²) in [4.78, 5) is 13.5. The van der Waals surface area contributed by atoms with E-state index in [0.29, 0.717) is 10.2 Å². The maximum absolute atomic E-state index is 12.5. The van der Waals surface area contributed by atoms with E-state index in [0.717, 1.165) is 27.6 Å². The minimum atomic E-state index is -0.0911. The number of halogens is 1. The highest BCUT2D eigenvalue weighted by molar-refractivity contribution is 7.99. The van der Waals surface area contributed by atoms with Gasteiger partial charge in [0.2, 0.25) is 5.91 Å². The number of carbonyl (C=O) groups is 1. The minimum absolute atomic E-state index is 0.0911. The molecule has 30 heavy (non-hydrogen) atoms. The molecule has 1 N–H and O–H groups in total. The van der Waals surface area contributed by atoms with Crippen LogP contribution in [0.25, 0.3) is 16.4 Å². The summed E-state index contributed by atoms with van der Waals surface area (Å²) in [5, 5.41) is 15.0. The molecule has 0 fully saturated rings. The minimum Gasteiger partial charge on any atom is -0.325 e. The first kappa shape index (κ1) is 20.7. The molecular formula is C22H19ClN4OS2. The highest BCUT2D eigenvalue weighted by Gasteiger charge is 2.18. The second-order valence-corrected chi connectivity index (χ2v) is 9.06. The Morgan fingerprint density at radius 1 is 1.10 bits per heavy atom. The summed E-state index contributed by atoms with van der Waals surface area (Å²) in [6.07, 6.45) is 0. The van der Waals surface area contributed by atoms with Gasteiger partial charge in [0.1, 0.15) is 0 Å². The number of nitrogens with one attached hydrogen (secondary N) is 1. The third-order valence-electron chi connectivity index (χ3n) is 4.58. The number of thiophene rings is 1. The van der Waals surface area contributed by atoms with Gasteiger partial charge in [-0.15, -0.1) is 21.5 Å². The largest absolute Gasteiger partial charge is 0.325 e. The van der Waals surface area contributed by atoms with Crippen molar-refractivity contribution in [3.8, 4) is 16.4 Å². The van der Waals surface area contributed by atoms with Crippen molar-refractivity contribution in [1.29, 1.82) is 0 Å². The van der Waals surface area contributed by atoms with Crippen LogP contribution in [0.2, 0.25) is 5.02 Å². The molecule has 2 aromatic carbocycles. The fraction of sp³-hybridized carbons (Fsp3) is 0.136. The monoisotopic (exact) mass is 454 g/mol. The number of nitrogens with zero attached hydrogens (tertiary/aromatic N) is 3. The normalized spacial score (nSPS) is 10.9. The zero-order valence-electron chi connectivity index (χ0n) is 16.4. The van der Waals surface area contributed by atoms with E-state index >= 15 is 0 Å². The van der Waals surface area contributed by atoms with Crippen molar-refractivity contribution in [3.05, 3.63) is 76.1 Å². The Kier molecular flexibility index (Phi) is 6.22. The average molecular weight is 455 g/mol. The number of carbonyl (C=O) groups excluding carboxylic acids is 1. The van der Waals surface area contributed by atoms with E-state index in [2.05, 4.69) is 15.5 Å². The number of aryl methyl sites for hydroxylation is 2. The molecule has 0 spiro atoms. The maximum atomic E-state index is 12.5. The second-order valence-electron chi connectivity index (χ2n) is 6.73. The van der Waals surface area contributed by atoms with Crippen LogP contribution in [0, 0.1) is 13.8 Å². The maximum Gasteiger partial charge on any atom is 0.234 e. The van der Waals surface area contributed by atoms with Crippen LogP contribution in [0.3, 0.4) is 0 Å². The molecule has 0 saturated heterocycles.